The van der Waals surface area contributed by atoms with Gasteiger partial charge in [0.1, 0.15) is 17.7 Å². The van der Waals surface area contributed by atoms with Crippen LogP contribution in [0.5, 0.6) is 5.75 Å². The SMILES string of the molecule is CC(C)(C(=O)N1CCC2(CC1)NC(=O)NC[C@H]2c1ccc(F)cc1O[C@H]1CCOC1)c1cccc(C(F)(F)F)c1. The molecule has 1 spiro atoms. The van der Waals surface area contributed by atoms with Crippen molar-refractivity contribution in [2.24, 2.45) is 0 Å². The lowest BCUT2D eigenvalue weighted by atomic mass is 9.71. The van der Waals surface area contributed by atoms with Crippen molar-refractivity contribution in [2.45, 2.75) is 62.3 Å². The Kier molecular flexibility index (Phi) is 7.45. The molecule has 3 aliphatic rings. The van der Waals surface area contributed by atoms with Crippen LogP contribution in [-0.2, 0) is 21.1 Å². The number of amides is 3. The van der Waals surface area contributed by atoms with E-state index in [0.717, 1.165) is 17.7 Å². The highest BCUT2D eigenvalue weighted by Crippen LogP contribution is 2.43. The summed E-state index contributed by atoms with van der Waals surface area (Å²) in [6, 6.07) is 8.94. The van der Waals surface area contributed by atoms with E-state index >= 15 is 0 Å². The molecule has 2 atom stereocenters. The first-order chi connectivity index (χ1) is 18.9. The summed E-state index contributed by atoms with van der Waals surface area (Å²) in [6.07, 6.45) is -3.18. The lowest BCUT2D eigenvalue weighted by Crippen LogP contribution is -2.66. The van der Waals surface area contributed by atoms with Gasteiger partial charge in [0.25, 0.3) is 0 Å². The molecule has 2 N–H and O–H groups in total. The van der Waals surface area contributed by atoms with Crippen molar-refractivity contribution in [1.29, 1.82) is 0 Å². The number of nitrogens with one attached hydrogen (secondary N) is 2. The van der Waals surface area contributed by atoms with E-state index in [4.69, 9.17) is 9.47 Å². The zero-order valence-corrected chi connectivity index (χ0v) is 22.4. The van der Waals surface area contributed by atoms with Gasteiger partial charge in [-0.2, -0.15) is 13.2 Å². The minimum Gasteiger partial charge on any atom is -0.488 e. The largest absolute Gasteiger partial charge is 0.488 e. The molecule has 0 aliphatic carbocycles. The van der Waals surface area contributed by atoms with Crippen LogP contribution in [0.15, 0.2) is 42.5 Å². The number of benzene rings is 2. The molecule has 216 valence electrons. The number of hydrogen-bond acceptors (Lipinski definition) is 4. The highest BCUT2D eigenvalue weighted by molar-refractivity contribution is 5.87. The summed E-state index contributed by atoms with van der Waals surface area (Å²) >= 11 is 0. The van der Waals surface area contributed by atoms with Crippen molar-refractivity contribution in [1.82, 2.24) is 15.5 Å². The normalized spacial score (nSPS) is 23.1. The Bertz CT molecular complexity index is 1270. The van der Waals surface area contributed by atoms with Gasteiger partial charge in [-0.1, -0.05) is 24.3 Å². The molecular formula is C29H33F4N3O4. The molecule has 3 heterocycles. The number of rotatable bonds is 5. The topological polar surface area (TPSA) is 79.9 Å². The minimum atomic E-state index is -4.51. The van der Waals surface area contributed by atoms with Gasteiger partial charge in [0, 0.05) is 43.6 Å². The van der Waals surface area contributed by atoms with E-state index in [-0.39, 0.29) is 29.5 Å². The highest BCUT2D eigenvalue weighted by Gasteiger charge is 2.49. The lowest BCUT2D eigenvalue weighted by molar-refractivity contribution is -0.140. The molecule has 5 rings (SSSR count). The van der Waals surface area contributed by atoms with E-state index in [2.05, 4.69) is 10.6 Å². The molecule has 3 saturated heterocycles. The number of urea groups is 1. The van der Waals surface area contributed by atoms with Crippen molar-refractivity contribution in [3.05, 3.63) is 65.0 Å². The van der Waals surface area contributed by atoms with Gasteiger partial charge in [0.15, 0.2) is 0 Å². The average Bonchev–Trinajstić information content (AvgIpc) is 3.42. The quantitative estimate of drug-likeness (QED) is 0.515. The smallest absolute Gasteiger partial charge is 0.416 e. The Morgan fingerprint density at radius 2 is 1.82 bits per heavy atom. The fourth-order valence-electron chi connectivity index (χ4n) is 6.02. The van der Waals surface area contributed by atoms with Crippen LogP contribution < -0.4 is 15.4 Å². The number of likely N-dealkylation sites (tertiary alicyclic amines) is 1. The summed E-state index contributed by atoms with van der Waals surface area (Å²) in [7, 11) is 0. The first-order valence-electron chi connectivity index (χ1n) is 13.5. The van der Waals surface area contributed by atoms with Crippen LogP contribution in [0.4, 0.5) is 22.4 Å². The van der Waals surface area contributed by atoms with Gasteiger partial charge in [-0.3, -0.25) is 4.79 Å². The van der Waals surface area contributed by atoms with Gasteiger partial charge in [-0.05, 0) is 44.4 Å². The number of carbonyl (C=O) groups is 2. The summed E-state index contributed by atoms with van der Waals surface area (Å²) in [5, 5.41) is 5.92. The van der Waals surface area contributed by atoms with E-state index < -0.39 is 28.5 Å². The highest BCUT2D eigenvalue weighted by atomic mass is 19.4. The van der Waals surface area contributed by atoms with Crippen LogP contribution in [0.2, 0.25) is 0 Å². The second kappa shape index (κ2) is 10.6. The van der Waals surface area contributed by atoms with E-state index in [1.165, 1.54) is 24.3 Å². The zero-order chi connectivity index (χ0) is 28.7. The fourth-order valence-corrected chi connectivity index (χ4v) is 6.02. The van der Waals surface area contributed by atoms with E-state index in [1.54, 1.807) is 24.8 Å². The van der Waals surface area contributed by atoms with Crippen molar-refractivity contribution >= 4 is 11.9 Å². The number of ether oxygens (including phenoxy) is 2. The number of halogens is 4. The average molecular weight is 564 g/mol. The van der Waals surface area contributed by atoms with Gasteiger partial charge in [0.05, 0.1) is 29.7 Å². The number of hydrogen-bond donors (Lipinski definition) is 2. The van der Waals surface area contributed by atoms with Crippen LogP contribution in [0.1, 0.15) is 55.7 Å². The molecule has 0 unspecified atom stereocenters. The van der Waals surface area contributed by atoms with E-state index in [1.807, 2.05) is 0 Å². The summed E-state index contributed by atoms with van der Waals surface area (Å²) in [5.41, 5.74) is -1.68. The predicted octanol–water partition coefficient (Wildman–Crippen LogP) is 4.75. The van der Waals surface area contributed by atoms with Crippen LogP contribution in [0.25, 0.3) is 0 Å². The van der Waals surface area contributed by atoms with Gasteiger partial charge in [-0.15, -0.1) is 0 Å². The maximum atomic E-state index is 14.3. The molecule has 11 heteroatoms. The van der Waals surface area contributed by atoms with Gasteiger partial charge >= 0.3 is 12.2 Å². The summed E-state index contributed by atoms with van der Waals surface area (Å²) in [5.74, 6) is -0.582. The Morgan fingerprint density at radius 1 is 1.10 bits per heavy atom. The number of piperidine rings is 1. The molecule has 2 aromatic carbocycles. The van der Waals surface area contributed by atoms with Gasteiger partial charge < -0.3 is 25.0 Å². The summed E-state index contributed by atoms with van der Waals surface area (Å²) < 4.78 is 65.8. The molecule has 0 radical (unpaired) electrons. The second-order valence-electron chi connectivity index (χ2n) is 11.3. The third kappa shape index (κ3) is 5.48. The standard InChI is InChI=1S/C29H33F4N3O4/c1-27(2,18-4-3-5-19(14-18)29(31,32)33)25(37)36-11-9-28(10-12-36)23(16-34-26(38)35-28)22-7-6-20(30)15-24(22)40-21-8-13-39-17-21/h3-7,14-15,21,23H,8-13,16-17H2,1-2H3,(H2,34,35,38)/t21-,23-/m0/s1. The molecule has 3 aliphatic heterocycles. The maximum Gasteiger partial charge on any atom is 0.416 e. The molecule has 3 fully saturated rings. The minimum absolute atomic E-state index is 0.194. The molecule has 0 bridgehead atoms. The molecular weight excluding hydrogens is 530 g/mol. The van der Waals surface area contributed by atoms with Crippen LogP contribution >= 0.6 is 0 Å². The van der Waals surface area contributed by atoms with Crippen molar-refractivity contribution < 1.29 is 36.6 Å². The number of alkyl halides is 3. The lowest BCUT2D eigenvalue weighted by Gasteiger charge is -2.50. The summed E-state index contributed by atoms with van der Waals surface area (Å²) in [6.45, 7) is 5.13. The first-order valence-corrected chi connectivity index (χ1v) is 13.5. The molecule has 0 aromatic heterocycles. The second-order valence-corrected chi connectivity index (χ2v) is 11.3. The summed E-state index contributed by atoms with van der Waals surface area (Å²) in [4.78, 5) is 27.8. The van der Waals surface area contributed by atoms with Crippen LogP contribution in [0.3, 0.4) is 0 Å². The third-order valence-corrected chi connectivity index (χ3v) is 8.42. The monoisotopic (exact) mass is 563 g/mol. The molecule has 3 amide bonds. The molecule has 40 heavy (non-hydrogen) atoms. The number of nitrogens with zero attached hydrogens (tertiary/aromatic N) is 1. The Hall–Kier alpha value is -3.34. The third-order valence-electron chi connectivity index (χ3n) is 8.42. The van der Waals surface area contributed by atoms with E-state index in [9.17, 15) is 27.2 Å². The van der Waals surface area contributed by atoms with Crippen molar-refractivity contribution in [2.75, 3.05) is 32.8 Å². The van der Waals surface area contributed by atoms with Gasteiger partial charge in [-0.25, -0.2) is 9.18 Å². The van der Waals surface area contributed by atoms with E-state index in [0.29, 0.717) is 57.9 Å². The van der Waals surface area contributed by atoms with Crippen LogP contribution in [-0.4, -0.2) is 61.3 Å². The van der Waals surface area contributed by atoms with Gasteiger partial charge in [0.2, 0.25) is 5.91 Å². The maximum absolute atomic E-state index is 14.3. The molecule has 2 aromatic rings. The van der Waals surface area contributed by atoms with Crippen molar-refractivity contribution in [3.8, 4) is 5.75 Å². The fraction of sp³-hybridized carbons (Fsp3) is 0.517. The zero-order valence-electron chi connectivity index (χ0n) is 22.4. The Balaban J connectivity index is 1.37. The van der Waals surface area contributed by atoms with Crippen LogP contribution in [0, 0.1) is 5.82 Å². The molecule has 7 nitrogen and oxygen atoms in total. The Labute approximate surface area is 230 Å². The number of carbonyl (C=O) groups excluding carboxylic acids is 2. The van der Waals surface area contributed by atoms with Crippen molar-refractivity contribution in [3.63, 3.8) is 0 Å². The first kappa shape index (κ1) is 28.2. The predicted molar refractivity (Wildman–Crippen MR) is 139 cm³/mol. The Morgan fingerprint density at radius 3 is 2.50 bits per heavy atom. The molecule has 0 saturated carbocycles.